The van der Waals surface area contributed by atoms with E-state index in [0.717, 1.165) is 11.3 Å². The van der Waals surface area contributed by atoms with Crippen LogP contribution in [0.15, 0.2) is 24.3 Å². The van der Waals surface area contributed by atoms with Crippen LogP contribution in [0.3, 0.4) is 0 Å². The van der Waals surface area contributed by atoms with Crippen molar-refractivity contribution in [1.82, 2.24) is 0 Å². The summed E-state index contributed by atoms with van der Waals surface area (Å²) >= 11 is 0. The molecule has 1 aromatic carbocycles. The Labute approximate surface area is 112 Å². The third-order valence-electron chi connectivity index (χ3n) is 3.60. The van der Waals surface area contributed by atoms with Crippen LogP contribution in [0.25, 0.3) is 0 Å². The number of Topliss-reactive ketones (excluding diaryl/α,β-unsaturated/α-hetero) is 1. The fourth-order valence-corrected chi connectivity index (χ4v) is 2.63. The van der Waals surface area contributed by atoms with Gasteiger partial charge in [-0.15, -0.1) is 0 Å². The molecule has 0 spiro atoms. The number of ether oxygens (including phenoxy) is 1. The molecule has 1 N–H and O–H groups in total. The van der Waals surface area contributed by atoms with Gasteiger partial charge in [-0.1, -0.05) is 12.1 Å². The molecule has 1 aliphatic carbocycles. The molecule has 102 valence electrons. The van der Waals surface area contributed by atoms with Gasteiger partial charge in [0.05, 0.1) is 12.5 Å². The van der Waals surface area contributed by atoms with Crippen molar-refractivity contribution >= 4 is 11.8 Å². The number of ketones is 1. The van der Waals surface area contributed by atoms with Crippen LogP contribution in [0.2, 0.25) is 0 Å². The van der Waals surface area contributed by atoms with E-state index in [-0.39, 0.29) is 11.7 Å². The average Bonchev–Trinajstić information content (AvgIpc) is 2.39. The Kier molecular flexibility index (Phi) is 4.20. The maximum atomic E-state index is 11.6. The van der Waals surface area contributed by atoms with Crippen LogP contribution in [0, 0.1) is 5.92 Å². The first kappa shape index (κ1) is 13.6. The van der Waals surface area contributed by atoms with Gasteiger partial charge in [-0.3, -0.25) is 9.59 Å². The van der Waals surface area contributed by atoms with E-state index in [1.807, 2.05) is 31.2 Å². The largest absolute Gasteiger partial charge is 0.494 e. The minimum Gasteiger partial charge on any atom is -0.494 e. The Morgan fingerprint density at radius 2 is 2.05 bits per heavy atom. The van der Waals surface area contributed by atoms with E-state index in [4.69, 9.17) is 4.74 Å². The summed E-state index contributed by atoms with van der Waals surface area (Å²) < 4.78 is 5.36. The van der Waals surface area contributed by atoms with Crippen molar-refractivity contribution in [3.63, 3.8) is 0 Å². The van der Waals surface area contributed by atoms with Crippen LogP contribution < -0.4 is 4.74 Å². The van der Waals surface area contributed by atoms with Crippen LogP contribution in [0.4, 0.5) is 0 Å². The van der Waals surface area contributed by atoms with Crippen LogP contribution in [0.1, 0.15) is 37.7 Å². The summed E-state index contributed by atoms with van der Waals surface area (Å²) in [4.78, 5) is 22.8. The summed E-state index contributed by atoms with van der Waals surface area (Å²) in [5.41, 5.74) is 0.906. The molecule has 4 nitrogen and oxygen atoms in total. The standard InChI is InChI=1S/C15H18O4/c1-2-19-12-6-3-10(4-7-12)14-9-11(16)5-8-13(14)15(17)18/h3-4,6-7,13-14H,2,5,8-9H2,1H3,(H,17,18). The number of carbonyl (C=O) groups is 2. The summed E-state index contributed by atoms with van der Waals surface area (Å²) in [6.07, 6.45) is 1.14. The lowest BCUT2D eigenvalue weighted by atomic mass is 9.75. The van der Waals surface area contributed by atoms with E-state index < -0.39 is 11.9 Å². The van der Waals surface area contributed by atoms with E-state index in [0.29, 0.717) is 25.9 Å². The van der Waals surface area contributed by atoms with Gasteiger partial charge < -0.3 is 9.84 Å². The fraction of sp³-hybridized carbons (Fsp3) is 0.467. The molecule has 0 aromatic heterocycles. The summed E-state index contributed by atoms with van der Waals surface area (Å²) in [6, 6.07) is 7.39. The molecule has 1 saturated carbocycles. The summed E-state index contributed by atoms with van der Waals surface area (Å²) in [5.74, 6) is -0.576. The van der Waals surface area contributed by atoms with E-state index in [2.05, 4.69) is 0 Å². The Bertz CT molecular complexity index is 464. The predicted octanol–water partition coefficient (Wildman–Crippen LogP) is 2.62. The lowest BCUT2D eigenvalue weighted by Crippen LogP contribution is -2.29. The lowest BCUT2D eigenvalue weighted by Gasteiger charge is -2.28. The third-order valence-corrected chi connectivity index (χ3v) is 3.60. The van der Waals surface area contributed by atoms with Crippen molar-refractivity contribution < 1.29 is 19.4 Å². The molecule has 2 rings (SSSR count). The second-order valence-electron chi connectivity index (χ2n) is 4.83. The Morgan fingerprint density at radius 1 is 1.37 bits per heavy atom. The van der Waals surface area contributed by atoms with Gasteiger partial charge in [-0.05, 0) is 31.0 Å². The van der Waals surface area contributed by atoms with Crippen molar-refractivity contribution in [2.75, 3.05) is 6.61 Å². The van der Waals surface area contributed by atoms with E-state index >= 15 is 0 Å². The summed E-state index contributed by atoms with van der Waals surface area (Å²) in [5, 5.41) is 9.26. The van der Waals surface area contributed by atoms with Crippen LogP contribution in [-0.4, -0.2) is 23.5 Å². The lowest BCUT2D eigenvalue weighted by molar-refractivity contribution is -0.144. The highest BCUT2D eigenvalue weighted by atomic mass is 16.5. The first-order valence-corrected chi connectivity index (χ1v) is 6.59. The van der Waals surface area contributed by atoms with Crippen molar-refractivity contribution in [3.8, 4) is 5.75 Å². The van der Waals surface area contributed by atoms with Gasteiger partial charge in [0, 0.05) is 18.8 Å². The molecule has 0 heterocycles. The van der Waals surface area contributed by atoms with Gasteiger partial charge >= 0.3 is 5.97 Å². The molecule has 1 fully saturated rings. The van der Waals surface area contributed by atoms with Crippen molar-refractivity contribution in [2.45, 2.75) is 32.1 Å². The quantitative estimate of drug-likeness (QED) is 0.906. The van der Waals surface area contributed by atoms with E-state index in [1.165, 1.54) is 0 Å². The number of carbonyl (C=O) groups excluding carboxylic acids is 1. The SMILES string of the molecule is CCOc1ccc(C2CC(=O)CCC2C(=O)O)cc1. The molecule has 0 amide bonds. The Morgan fingerprint density at radius 3 is 2.63 bits per heavy atom. The zero-order valence-corrected chi connectivity index (χ0v) is 11.0. The minimum atomic E-state index is -0.814. The number of benzene rings is 1. The Balaban J connectivity index is 2.21. The van der Waals surface area contributed by atoms with Crippen LogP contribution in [-0.2, 0) is 9.59 Å². The molecule has 1 aromatic rings. The van der Waals surface area contributed by atoms with Gasteiger partial charge in [0.25, 0.3) is 0 Å². The van der Waals surface area contributed by atoms with Crippen LogP contribution >= 0.6 is 0 Å². The molecular formula is C15H18O4. The zero-order chi connectivity index (χ0) is 13.8. The highest BCUT2D eigenvalue weighted by molar-refractivity contribution is 5.83. The van der Waals surface area contributed by atoms with Crippen molar-refractivity contribution in [1.29, 1.82) is 0 Å². The normalized spacial score (nSPS) is 23.1. The van der Waals surface area contributed by atoms with E-state index in [9.17, 15) is 14.7 Å². The monoisotopic (exact) mass is 262 g/mol. The summed E-state index contributed by atoms with van der Waals surface area (Å²) in [7, 11) is 0. The first-order valence-electron chi connectivity index (χ1n) is 6.59. The second kappa shape index (κ2) is 5.87. The second-order valence-corrected chi connectivity index (χ2v) is 4.83. The molecule has 2 atom stereocenters. The molecule has 1 aliphatic rings. The van der Waals surface area contributed by atoms with Crippen LogP contribution in [0.5, 0.6) is 5.75 Å². The maximum absolute atomic E-state index is 11.6. The van der Waals surface area contributed by atoms with Crippen molar-refractivity contribution in [2.24, 2.45) is 5.92 Å². The number of rotatable bonds is 4. The molecular weight excluding hydrogens is 244 g/mol. The zero-order valence-electron chi connectivity index (χ0n) is 11.0. The topological polar surface area (TPSA) is 63.6 Å². The smallest absolute Gasteiger partial charge is 0.307 e. The fourth-order valence-electron chi connectivity index (χ4n) is 2.63. The molecule has 0 saturated heterocycles. The Hall–Kier alpha value is -1.84. The van der Waals surface area contributed by atoms with Gasteiger partial charge in [-0.25, -0.2) is 0 Å². The van der Waals surface area contributed by atoms with Gasteiger partial charge in [0.2, 0.25) is 0 Å². The molecule has 2 unspecified atom stereocenters. The van der Waals surface area contributed by atoms with Gasteiger partial charge in [-0.2, -0.15) is 0 Å². The highest BCUT2D eigenvalue weighted by Crippen LogP contribution is 2.37. The molecule has 0 aliphatic heterocycles. The van der Waals surface area contributed by atoms with Gasteiger partial charge in [0.15, 0.2) is 0 Å². The number of hydrogen-bond donors (Lipinski definition) is 1. The maximum Gasteiger partial charge on any atom is 0.307 e. The average molecular weight is 262 g/mol. The predicted molar refractivity (Wildman–Crippen MR) is 70.3 cm³/mol. The number of carboxylic acid groups (broad SMARTS) is 1. The molecule has 0 radical (unpaired) electrons. The minimum absolute atomic E-state index is 0.149. The van der Waals surface area contributed by atoms with Gasteiger partial charge in [0.1, 0.15) is 11.5 Å². The highest BCUT2D eigenvalue weighted by Gasteiger charge is 2.35. The van der Waals surface area contributed by atoms with Crippen molar-refractivity contribution in [3.05, 3.63) is 29.8 Å². The molecule has 0 bridgehead atoms. The number of aliphatic carboxylic acids is 1. The first-order chi connectivity index (χ1) is 9.11. The molecule has 4 heteroatoms. The third kappa shape index (κ3) is 3.13. The number of carboxylic acids is 1. The number of hydrogen-bond acceptors (Lipinski definition) is 3. The summed E-state index contributed by atoms with van der Waals surface area (Å²) in [6.45, 7) is 2.51. The molecule has 19 heavy (non-hydrogen) atoms. The van der Waals surface area contributed by atoms with E-state index in [1.54, 1.807) is 0 Å².